The Bertz CT molecular complexity index is 440. The van der Waals surface area contributed by atoms with Crippen LogP contribution >= 0.6 is 0 Å². The molecule has 2 aromatic heterocycles. The molecule has 0 aliphatic rings. The summed E-state index contributed by atoms with van der Waals surface area (Å²) in [5.41, 5.74) is 2.79. The highest BCUT2D eigenvalue weighted by molar-refractivity contribution is 5.67. The Hall–Kier alpha value is -1.90. The van der Waals surface area contributed by atoms with Gasteiger partial charge in [-0.2, -0.15) is 0 Å². The predicted molar refractivity (Wildman–Crippen MR) is 53.9 cm³/mol. The standard InChI is InChI=1S/C11H10N2O/c1-8-10(6-13-7-11(8)14)9-2-4-12-5-3-9/h2-7,14H,1H3. The zero-order valence-electron chi connectivity index (χ0n) is 7.81. The van der Waals surface area contributed by atoms with E-state index in [0.717, 1.165) is 16.7 Å². The summed E-state index contributed by atoms with van der Waals surface area (Å²) in [6.45, 7) is 1.87. The molecular weight excluding hydrogens is 176 g/mol. The van der Waals surface area contributed by atoms with E-state index < -0.39 is 0 Å². The van der Waals surface area contributed by atoms with Crippen LogP contribution in [0.2, 0.25) is 0 Å². The molecule has 14 heavy (non-hydrogen) atoms. The third kappa shape index (κ3) is 1.44. The van der Waals surface area contributed by atoms with Gasteiger partial charge in [0.1, 0.15) is 5.75 Å². The Kier molecular flexibility index (Phi) is 2.14. The molecule has 2 rings (SSSR count). The fraction of sp³-hybridized carbons (Fsp3) is 0.0909. The van der Waals surface area contributed by atoms with Crippen molar-refractivity contribution >= 4 is 0 Å². The molecule has 2 aromatic rings. The van der Waals surface area contributed by atoms with E-state index in [-0.39, 0.29) is 5.75 Å². The Labute approximate surface area is 82.1 Å². The SMILES string of the molecule is Cc1c(O)cncc1-c1ccncc1. The average Bonchev–Trinajstić information content (AvgIpc) is 2.23. The first-order chi connectivity index (χ1) is 6.79. The molecule has 70 valence electrons. The molecule has 3 heteroatoms. The lowest BCUT2D eigenvalue weighted by molar-refractivity contribution is 0.469. The molecule has 0 saturated carbocycles. The van der Waals surface area contributed by atoms with E-state index in [2.05, 4.69) is 9.97 Å². The summed E-state index contributed by atoms with van der Waals surface area (Å²) < 4.78 is 0. The van der Waals surface area contributed by atoms with Crippen LogP contribution in [0.4, 0.5) is 0 Å². The summed E-state index contributed by atoms with van der Waals surface area (Å²) in [6.07, 6.45) is 6.63. The maximum absolute atomic E-state index is 9.48. The van der Waals surface area contributed by atoms with Gasteiger partial charge in [0.2, 0.25) is 0 Å². The summed E-state index contributed by atoms with van der Waals surface area (Å²) in [7, 11) is 0. The molecule has 0 radical (unpaired) electrons. The van der Waals surface area contributed by atoms with Gasteiger partial charge in [0.05, 0.1) is 6.20 Å². The first kappa shape index (κ1) is 8.69. The van der Waals surface area contributed by atoms with Gasteiger partial charge >= 0.3 is 0 Å². The van der Waals surface area contributed by atoms with Crippen molar-refractivity contribution in [2.75, 3.05) is 0 Å². The van der Waals surface area contributed by atoms with Crippen molar-refractivity contribution in [3.63, 3.8) is 0 Å². The van der Waals surface area contributed by atoms with E-state index in [1.165, 1.54) is 6.20 Å². The molecular formula is C11H10N2O. The molecule has 0 aliphatic carbocycles. The smallest absolute Gasteiger partial charge is 0.137 e. The van der Waals surface area contributed by atoms with Crippen molar-refractivity contribution in [1.82, 2.24) is 9.97 Å². The van der Waals surface area contributed by atoms with Crippen molar-refractivity contribution < 1.29 is 5.11 Å². The zero-order valence-corrected chi connectivity index (χ0v) is 7.81. The highest BCUT2D eigenvalue weighted by atomic mass is 16.3. The van der Waals surface area contributed by atoms with Gasteiger partial charge in [-0.15, -0.1) is 0 Å². The molecule has 3 nitrogen and oxygen atoms in total. The first-order valence-corrected chi connectivity index (χ1v) is 4.33. The van der Waals surface area contributed by atoms with E-state index in [1.54, 1.807) is 18.6 Å². The van der Waals surface area contributed by atoms with Gasteiger partial charge in [-0.25, -0.2) is 0 Å². The van der Waals surface area contributed by atoms with Gasteiger partial charge in [-0.3, -0.25) is 9.97 Å². The summed E-state index contributed by atoms with van der Waals surface area (Å²) in [6, 6.07) is 3.78. The predicted octanol–water partition coefficient (Wildman–Crippen LogP) is 2.16. The fourth-order valence-corrected chi connectivity index (χ4v) is 1.34. The largest absolute Gasteiger partial charge is 0.506 e. The average molecular weight is 186 g/mol. The molecule has 0 saturated heterocycles. The summed E-state index contributed by atoms with van der Waals surface area (Å²) >= 11 is 0. The van der Waals surface area contributed by atoms with Crippen LogP contribution in [0.15, 0.2) is 36.9 Å². The third-order valence-electron chi connectivity index (χ3n) is 2.18. The Morgan fingerprint density at radius 3 is 2.50 bits per heavy atom. The molecule has 0 atom stereocenters. The van der Waals surface area contributed by atoms with Gasteiger partial charge in [0.15, 0.2) is 0 Å². The molecule has 0 aromatic carbocycles. The number of pyridine rings is 2. The topological polar surface area (TPSA) is 46.0 Å². The maximum Gasteiger partial charge on any atom is 0.137 e. The van der Waals surface area contributed by atoms with Crippen LogP contribution in [0.5, 0.6) is 5.75 Å². The van der Waals surface area contributed by atoms with Crippen molar-refractivity contribution in [2.45, 2.75) is 6.92 Å². The number of rotatable bonds is 1. The molecule has 0 fully saturated rings. The van der Waals surface area contributed by atoms with Crippen LogP contribution in [0.25, 0.3) is 11.1 Å². The molecule has 2 heterocycles. The van der Waals surface area contributed by atoms with Crippen molar-refractivity contribution in [3.8, 4) is 16.9 Å². The Balaban J connectivity index is 2.58. The number of aromatic hydroxyl groups is 1. The van der Waals surface area contributed by atoms with Gasteiger partial charge in [-0.1, -0.05) is 0 Å². The monoisotopic (exact) mass is 186 g/mol. The van der Waals surface area contributed by atoms with Gasteiger partial charge in [0.25, 0.3) is 0 Å². The number of hydrogen-bond acceptors (Lipinski definition) is 3. The van der Waals surface area contributed by atoms with Gasteiger partial charge in [-0.05, 0) is 24.6 Å². The fourth-order valence-electron chi connectivity index (χ4n) is 1.34. The highest BCUT2D eigenvalue weighted by Crippen LogP contribution is 2.26. The first-order valence-electron chi connectivity index (χ1n) is 4.33. The summed E-state index contributed by atoms with van der Waals surface area (Å²) in [5, 5.41) is 9.48. The van der Waals surface area contributed by atoms with Crippen molar-refractivity contribution in [2.24, 2.45) is 0 Å². The second-order valence-electron chi connectivity index (χ2n) is 3.07. The number of nitrogens with zero attached hydrogens (tertiary/aromatic N) is 2. The molecule has 0 bridgehead atoms. The van der Waals surface area contributed by atoms with Crippen LogP contribution in [-0.4, -0.2) is 15.1 Å². The van der Waals surface area contributed by atoms with Crippen LogP contribution in [0.3, 0.4) is 0 Å². The van der Waals surface area contributed by atoms with E-state index in [4.69, 9.17) is 0 Å². The van der Waals surface area contributed by atoms with E-state index in [0.29, 0.717) is 0 Å². The minimum atomic E-state index is 0.222. The lowest BCUT2D eigenvalue weighted by Gasteiger charge is -2.05. The minimum absolute atomic E-state index is 0.222. The molecule has 0 unspecified atom stereocenters. The highest BCUT2D eigenvalue weighted by Gasteiger charge is 2.04. The molecule has 0 amide bonds. The van der Waals surface area contributed by atoms with Crippen LogP contribution < -0.4 is 0 Å². The third-order valence-corrected chi connectivity index (χ3v) is 2.18. The number of hydrogen-bond donors (Lipinski definition) is 1. The lowest BCUT2D eigenvalue weighted by Crippen LogP contribution is -1.86. The molecule has 0 spiro atoms. The Morgan fingerprint density at radius 1 is 1.07 bits per heavy atom. The number of aromatic nitrogens is 2. The van der Waals surface area contributed by atoms with Crippen LogP contribution in [-0.2, 0) is 0 Å². The maximum atomic E-state index is 9.48. The quantitative estimate of drug-likeness (QED) is 0.742. The lowest BCUT2D eigenvalue weighted by atomic mass is 10.0. The van der Waals surface area contributed by atoms with E-state index in [1.807, 2.05) is 19.1 Å². The summed E-state index contributed by atoms with van der Waals surface area (Å²) in [5.74, 6) is 0.222. The van der Waals surface area contributed by atoms with Crippen molar-refractivity contribution in [3.05, 3.63) is 42.5 Å². The second kappa shape index (κ2) is 3.46. The van der Waals surface area contributed by atoms with E-state index in [9.17, 15) is 5.11 Å². The van der Waals surface area contributed by atoms with Crippen LogP contribution in [0, 0.1) is 6.92 Å². The minimum Gasteiger partial charge on any atom is -0.506 e. The molecule has 0 aliphatic heterocycles. The van der Waals surface area contributed by atoms with Crippen molar-refractivity contribution in [1.29, 1.82) is 0 Å². The Morgan fingerprint density at radius 2 is 1.79 bits per heavy atom. The van der Waals surface area contributed by atoms with Gasteiger partial charge < -0.3 is 5.11 Å². The molecule has 1 N–H and O–H groups in total. The zero-order chi connectivity index (χ0) is 9.97. The second-order valence-corrected chi connectivity index (χ2v) is 3.07. The van der Waals surface area contributed by atoms with Crippen LogP contribution in [0.1, 0.15) is 5.56 Å². The van der Waals surface area contributed by atoms with E-state index >= 15 is 0 Å². The van der Waals surface area contributed by atoms with Gasteiger partial charge in [0, 0.05) is 29.7 Å². The summed E-state index contributed by atoms with van der Waals surface area (Å²) in [4.78, 5) is 7.89. The normalized spacial score (nSPS) is 10.1.